The first kappa shape index (κ1) is 13.2. The van der Waals surface area contributed by atoms with E-state index in [0.29, 0.717) is 18.9 Å². The van der Waals surface area contributed by atoms with Gasteiger partial charge >= 0.3 is 0 Å². The fraction of sp³-hybridized carbons (Fsp3) is 0.846. The van der Waals surface area contributed by atoms with Gasteiger partial charge in [-0.1, -0.05) is 12.8 Å². The van der Waals surface area contributed by atoms with Crippen molar-refractivity contribution in [2.45, 2.75) is 57.9 Å². The molecule has 1 unspecified atom stereocenters. The summed E-state index contributed by atoms with van der Waals surface area (Å²) >= 11 is 0. The first-order valence-corrected chi connectivity index (χ1v) is 6.34. The van der Waals surface area contributed by atoms with Crippen molar-refractivity contribution in [3.63, 3.8) is 0 Å². The molecule has 1 rings (SSSR count). The van der Waals surface area contributed by atoms with Gasteiger partial charge in [-0.3, -0.25) is 9.69 Å². The van der Waals surface area contributed by atoms with Crippen molar-refractivity contribution in [1.29, 1.82) is 5.26 Å². The molecule has 1 heterocycles. The van der Waals surface area contributed by atoms with E-state index in [-0.39, 0.29) is 5.78 Å². The number of nitrogens with zero attached hydrogens (tertiary/aromatic N) is 2. The van der Waals surface area contributed by atoms with Gasteiger partial charge in [0, 0.05) is 18.9 Å². The van der Waals surface area contributed by atoms with Crippen molar-refractivity contribution >= 4 is 5.78 Å². The monoisotopic (exact) mass is 222 g/mol. The van der Waals surface area contributed by atoms with Gasteiger partial charge in [-0.2, -0.15) is 5.26 Å². The lowest BCUT2D eigenvalue weighted by Gasteiger charge is -2.29. The summed E-state index contributed by atoms with van der Waals surface area (Å²) < 4.78 is 0. The Morgan fingerprint density at radius 1 is 1.44 bits per heavy atom. The highest BCUT2D eigenvalue weighted by Gasteiger charge is 2.21. The molecule has 0 bridgehead atoms. The summed E-state index contributed by atoms with van der Waals surface area (Å²) in [5.74, 6) is 0.289. The van der Waals surface area contributed by atoms with Gasteiger partial charge in [0.05, 0.1) is 6.07 Å². The van der Waals surface area contributed by atoms with Crippen LogP contribution in [0.25, 0.3) is 0 Å². The van der Waals surface area contributed by atoms with Gasteiger partial charge in [-0.15, -0.1) is 0 Å². The molecule has 3 heteroatoms. The Bertz CT molecular complexity index is 257. The lowest BCUT2D eigenvalue weighted by atomic mass is 10.0. The zero-order chi connectivity index (χ0) is 11.8. The van der Waals surface area contributed by atoms with Crippen molar-refractivity contribution in [2.24, 2.45) is 0 Å². The van der Waals surface area contributed by atoms with Gasteiger partial charge in [0.1, 0.15) is 5.78 Å². The summed E-state index contributed by atoms with van der Waals surface area (Å²) in [6.07, 6.45) is 7.16. The second-order valence-electron chi connectivity index (χ2n) is 4.71. The molecular formula is C13H22N2O. The number of ketones is 1. The Labute approximate surface area is 98.4 Å². The number of hydrogen-bond donors (Lipinski definition) is 0. The Morgan fingerprint density at radius 3 is 2.94 bits per heavy atom. The fourth-order valence-electron chi connectivity index (χ4n) is 2.46. The minimum Gasteiger partial charge on any atom is -0.300 e. The van der Waals surface area contributed by atoms with E-state index in [0.717, 1.165) is 25.9 Å². The van der Waals surface area contributed by atoms with Crippen molar-refractivity contribution in [2.75, 3.05) is 13.1 Å². The molecule has 1 aliphatic heterocycles. The number of carbonyl (C=O) groups is 1. The molecule has 1 fully saturated rings. The Balaban J connectivity index is 2.45. The average molecular weight is 222 g/mol. The van der Waals surface area contributed by atoms with Gasteiger partial charge in [-0.25, -0.2) is 0 Å². The van der Waals surface area contributed by atoms with E-state index >= 15 is 0 Å². The van der Waals surface area contributed by atoms with E-state index in [4.69, 9.17) is 5.26 Å². The van der Waals surface area contributed by atoms with E-state index in [1.807, 2.05) is 0 Å². The predicted molar refractivity (Wildman–Crippen MR) is 64.0 cm³/mol. The van der Waals surface area contributed by atoms with E-state index in [1.165, 1.54) is 19.3 Å². The molecule has 3 nitrogen and oxygen atoms in total. The molecule has 0 aliphatic carbocycles. The fourth-order valence-corrected chi connectivity index (χ4v) is 2.46. The lowest BCUT2D eigenvalue weighted by molar-refractivity contribution is -0.118. The molecule has 16 heavy (non-hydrogen) atoms. The highest BCUT2D eigenvalue weighted by Crippen LogP contribution is 2.19. The molecule has 0 amide bonds. The maximum atomic E-state index is 11.2. The smallest absolute Gasteiger partial charge is 0.131 e. The standard InChI is InChI=1S/C13H22N2O/c1-12(16)11-13-7-3-2-5-9-15(13)10-6-4-8-14/h13H,2-7,9-11H2,1H3. The number of unbranched alkanes of at least 4 members (excludes halogenated alkanes) is 1. The second kappa shape index (κ2) is 7.40. The van der Waals surface area contributed by atoms with Gasteiger partial charge in [0.25, 0.3) is 0 Å². The minimum atomic E-state index is 0.289. The summed E-state index contributed by atoms with van der Waals surface area (Å²) in [5, 5.41) is 8.54. The molecule has 0 radical (unpaired) electrons. The molecule has 90 valence electrons. The van der Waals surface area contributed by atoms with Crippen LogP contribution < -0.4 is 0 Å². The number of hydrogen-bond acceptors (Lipinski definition) is 3. The number of likely N-dealkylation sites (tertiary alicyclic amines) is 1. The van der Waals surface area contributed by atoms with Crippen LogP contribution in [0.4, 0.5) is 0 Å². The van der Waals surface area contributed by atoms with Gasteiger partial charge in [0.2, 0.25) is 0 Å². The van der Waals surface area contributed by atoms with Crippen LogP contribution in [0.2, 0.25) is 0 Å². The molecule has 1 saturated heterocycles. The van der Waals surface area contributed by atoms with E-state index in [9.17, 15) is 4.79 Å². The third kappa shape index (κ3) is 4.76. The Hall–Kier alpha value is -0.880. The number of rotatable bonds is 5. The van der Waals surface area contributed by atoms with Crippen LogP contribution in [0.1, 0.15) is 51.9 Å². The van der Waals surface area contributed by atoms with Crippen molar-refractivity contribution in [3.05, 3.63) is 0 Å². The van der Waals surface area contributed by atoms with Crippen LogP contribution in [-0.2, 0) is 4.79 Å². The van der Waals surface area contributed by atoms with Crippen molar-refractivity contribution in [3.8, 4) is 6.07 Å². The number of Topliss-reactive ketones (excluding diaryl/α,β-unsaturated/α-hetero) is 1. The zero-order valence-corrected chi connectivity index (χ0v) is 10.2. The average Bonchev–Trinajstić information content (AvgIpc) is 2.44. The highest BCUT2D eigenvalue weighted by molar-refractivity contribution is 5.76. The molecule has 0 N–H and O–H groups in total. The lowest BCUT2D eigenvalue weighted by Crippen LogP contribution is -2.36. The predicted octanol–water partition coefficient (Wildman–Crippen LogP) is 2.51. The molecule has 0 aromatic rings. The van der Waals surface area contributed by atoms with Crippen LogP contribution in [0.15, 0.2) is 0 Å². The summed E-state index contributed by atoms with van der Waals surface area (Å²) in [6.45, 7) is 3.76. The highest BCUT2D eigenvalue weighted by atomic mass is 16.1. The molecule has 1 aliphatic rings. The minimum absolute atomic E-state index is 0.289. The van der Waals surface area contributed by atoms with Crippen LogP contribution in [0.3, 0.4) is 0 Å². The van der Waals surface area contributed by atoms with Gasteiger partial charge in [-0.05, 0) is 39.3 Å². The van der Waals surface area contributed by atoms with Gasteiger partial charge < -0.3 is 0 Å². The van der Waals surface area contributed by atoms with E-state index < -0.39 is 0 Å². The van der Waals surface area contributed by atoms with E-state index in [2.05, 4.69) is 11.0 Å². The van der Waals surface area contributed by atoms with Gasteiger partial charge in [0.15, 0.2) is 0 Å². The van der Waals surface area contributed by atoms with Crippen LogP contribution in [0.5, 0.6) is 0 Å². The maximum absolute atomic E-state index is 11.2. The van der Waals surface area contributed by atoms with Crippen molar-refractivity contribution < 1.29 is 4.79 Å². The van der Waals surface area contributed by atoms with Crippen LogP contribution >= 0.6 is 0 Å². The molecule has 0 spiro atoms. The third-order valence-electron chi connectivity index (χ3n) is 3.26. The first-order valence-electron chi connectivity index (χ1n) is 6.34. The summed E-state index contributed by atoms with van der Waals surface area (Å²) in [7, 11) is 0. The molecule has 0 aromatic carbocycles. The molecule has 1 atom stereocenters. The zero-order valence-electron chi connectivity index (χ0n) is 10.2. The molecular weight excluding hydrogens is 200 g/mol. The molecule has 0 aromatic heterocycles. The van der Waals surface area contributed by atoms with Crippen LogP contribution in [0, 0.1) is 11.3 Å². The summed E-state index contributed by atoms with van der Waals surface area (Å²) in [5.41, 5.74) is 0. The van der Waals surface area contributed by atoms with Crippen molar-refractivity contribution in [1.82, 2.24) is 4.90 Å². The largest absolute Gasteiger partial charge is 0.300 e. The topological polar surface area (TPSA) is 44.1 Å². The SMILES string of the molecule is CC(=O)CC1CCCCCN1CCCC#N. The Morgan fingerprint density at radius 2 is 2.25 bits per heavy atom. The number of carbonyl (C=O) groups excluding carboxylic acids is 1. The quantitative estimate of drug-likeness (QED) is 0.671. The molecule has 0 saturated carbocycles. The number of nitriles is 1. The Kier molecular flexibility index (Phi) is 6.10. The summed E-state index contributed by atoms with van der Waals surface area (Å²) in [4.78, 5) is 13.6. The van der Waals surface area contributed by atoms with Crippen LogP contribution in [-0.4, -0.2) is 29.8 Å². The normalized spacial score (nSPS) is 22.4. The second-order valence-corrected chi connectivity index (χ2v) is 4.71. The summed E-state index contributed by atoms with van der Waals surface area (Å²) in [6, 6.07) is 2.61. The first-order chi connectivity index (χ1) is 7.74. The van der Waals surface area contributed by atoms with E-state index in [1.54, 1.807) is 6.92 Å². The maximum Gasteiger partial charge on any atom is 0.131 e. The third-order valence-corrected chi connectivity index (χ3v) is 3.26.